The molecule has 1 amide bonds. The molecular weight excluding hydrogens is 298 g/mol. The quantitative estimate of drug-likeness (QED) is 0.781. The third-order valence-electron chi connectivity index (χ3n) is 4.60. The Morgan fingerprint density at radius 1 is 0.875 bits per heavy atom. The van der Waals surface area contributed by atoms with Crippen molar-refractivity contribution in [3.05, 3.63) is 71.8 Å². The largest absolute Gasteiger partial charge is 0.333 e. The fraction of sp³-hybridized carbons (Fsp3) is 0.333. The SMILES string of the molecule is O=C1CCCCC1C(=O)N(Cc1ccccc1)Cc1ccccc1. The maximum Gasteiger partial charge on any atom is 0.233 e. The zero-order valence-corrected chi connectivity index (χ0v) is 13.9. The van der Waals surface area contributed by atoms with Crippen molar-refractivity contribution in [1.82, 2.24) is 4.90 Å². The first-order valence-electron chi connectivity index (χ1n) is 8.63. The summed E-state index contributed by atoms with van der Waals surface area (Å²) in [6, 6.07) is 19.9. The molecule has 124 valence electrons. The molecule has 1 atom stereocenters. The minimum atomic E-state index is -0.453. The molecule has 1 unspecified atom stereocenters. The first kappa shape index (κ1) is 16.4. The van der Waals surface area contributed by atoms with E-state index >= 15 is 0 Å². The first-order valence-corrected chi connectivity index (χ1v) is 8.63. The Hall–Kier alpha value is -2.42. The molecule has 0 heterocycles. The topological polar surface area (TPSA) is 37.4 Å². The highest BCUT2D eigenvalue weighted by Gasteiger charge is 2.32. The van der Waals surface area contributed by atoms with E-state index in [2.05, 4.69) is 0 Å². The molecule has 1 fully saturated rings. The van der Waals surface area contributed by atoms with Crippen LogP contribution < -0.4 is 0 Å². The van der Waals surface area contributed by atoms with E-state index in [-0.39, 0.29) is 11.7 Å². The average Bonchev–Trinajstić information content (AvgIpc) is 2.63. The third-order valence-corrected chi connectivity index (χ3v) is 4.60. The Morgan fingerprint density at radius 3 is 1.92 bits per heavy atom. The van der Waals surface area contributed by atoms with Gasteiger partial charge in [0.05, 0.1) is 5.92 Å². The van der Waals surface area contributed by atoms with Crippen LogP contribution in [-0.4, -0.2) is 16.6 Å². The van der Waals surface area contributed by atoms with Gasteiger partial charge in [0.1, 0.15) is 5.78 Å². The Bertz CT molecular complexity index is 640. The molecule has 0 spiro atoms. The van der Waals surface area contributed by atoms with Gasteiger partial charge in [-0.2, -0.15) is 0 Å². The summed E-state index contributed by atoms with van der Waals surface area (Å²) in [7, 11) is 0. The smallest absolute Gasteiger partial charge is 0.233 e. The molecule has 1 aliphatic rings. The van der Waals surface area contributed by atoms with Crippen LogP contribution in [0, 0.1) is 5.92 Å². The highest BCUT2D eigenvalue weighted by atomic mass is 16.2. The molecule has 0 bridgehead atoms. The molecule has 3 nitrogen and oxygen atoms in total. The number of ketones is 1. The lowest BCUT2D eigenvalue weighted by molar-refractivity contribution is -0.143. The molecule has 1 aliphatic carbocycles. The van der Waals surface area contributed by atoms with Crippen LogP contribution in [0.3, 0.4) is 0 Å². The van der Waals surface area contributed by atoms with E-state index in [1.165, 1.54) is 0 Å². The Labute approximate surface area is 143 Å². The number of benzene rings is 2. The summed E-state index contributed by atoms with van der Waals surface area (Å²) in [5.41, 5.74) is 2.18. The molecule has 3 heteroatoms. The van der Waals surface area contributed by atoms with Gasteiger partial charge in [-0.05, 0) is 24.0 Å². The Balaban J connectivity index is 1.80. The van der Waals surface area contributed by atoms with Gasteiger partial charge in [-0.15, -0.1) is 0 Å². The number of carbonyl (C=O) groups excluding carboxylic acids is 2. The predicted octanol–water partition coefficient (Wildman–Crippen LogP) is 3.97. The third kappa shape index (κ3) is 4.10. The summed E-state index contributed by atoms with van der Waals surface area (Å²) in [4.78, 5) is 27.1. The maximum atomic E-state index is 13.0. The van der Waals surface area contributed by atoms with Gasteiger partial charge in [0.15, 0.2) is 0 Å². The molecule has 0 aliphatic heterocycles. The van der Waals surface area contributed by atoms with Crippen LogP contribution in [0.2, 0.25) is 0 Å². The van der Waals surface area contributed by atoms with Crippen LogP contribution in [0.4, 0.5) is 0 Å². The molecule has 1 saturated carbocycles. The summed E-state index contributed by atoms with van der Waals surface area (Å²) < 4.78 is 0. The van der Waals surface area contributed by atoms with Crippen molar-refractivity contribution in [2.75, 3.05) is 0 Å². The fourth-order valence-electron chi connectivity index (χ4n) is 3.28. The molecule has 0 saturated heterocycles. The molecule has 0 radical (unpaired) electrons. The van der Waals surface area contributed by atoms with Gasteiger partial charge in [-0.3, -0.25) is 9.59 Å². The van der Waals surface area contributed by atoms with E-state index in [1.54, 1.807) is 0 Å². The number of hydrogen-bond donors (Lipinski definition) is 0. The number of amides is 1. The molecular formula is C21H23NO2. The lowest BCUT2D eigenvalue weighted by atomic mass is 9.86. The fourth-order valence-corrected chi connectivity index (χ4v) is 3.28. The van der Waals surface area contributed by atoms with Crippen LogP contribution in [-0.2, 0) is 22.7 Å². The second-order valence-corrected chi connectivity index (χ2v) is 6.43. The maximum absolute atomic E-state index is 13.0. The van der Waals surface area contributed by atoms with Crippen LogP contribution in [0.1, 0.15) is 36.8 Å². The van der Waals surface area contributed by atoms with Crippen molar-refractivity contribution in [1.29, 1.82) is 0 Å². The van der Waals surface area contributed by atoms with Gasteiger partial charge < -0.3 is 4.90 Å². The minimum Gasteiger partial charge on any atom is -0.333 e. The van der Waals surface area contributed by atoms with Crippen LogP contribution in [0.5, 0.6) is 0 Å². The van der Waals surface area contributed by atoms with E-state index in [0.29, 0.717) is 25.9 Å². The standard InChI is InChI=1S/C21H23NO2/c23-20-14-8-7-13-19(20)21(24)22(15-17-9-3-1-4-10-17)16-18-11-5-2-6-12-18/h1-6,9-12,19H,7-8,13-16H2. The lowest BCUT2D eigenvalue weighted by Crippen LogP contribution is -2.40. The van der Waals surface area contributed by atoms with E-state index in [1.807, 2.05) is 65.6 Å². The van der Waals surface area contributed by atoms with E-state index in [4.69, 9.17) is 0 Å². The van der Waals surface area contributed by atoms with Gasteiger partial charge >= 0.3 is 0 Å². The van der Waals surface area contributed by atoms with Crippen molar-refractivity contribution in [2.24, 2.45) is 5.92 Å². The summed E-state index contributed by atoms with van der Waals surface area (Å²) in [5, 5.41) is 0. The van der Waals surface area contributed by atoms with Gasteiger partial charge in [-0.1, -0.05) is 67.1 Å². The minimum absolute atomic E-state index is 0.0209. The van der Waals surface area contributed by atoms with Gasteiger partial charge in [0.25, 0.3) is 0 Å². The van der Waals surface area contributed by atoms with Crippen LogP contribution >= 0.6 is 0 Å². The molecule has 24 heavy (non-hydrogen) atoms. The molecule has 0 N–H and O–H groups in total. The highest BCUT2D eigenvalue weighted by molar-refractivity contribution is 6.01. The van der Waals surface area contributed by atoms with E-state index < -0.39 is 5.92 Å². The summed E-state index contributed by atoms with van der Waals surface area (Å²) >= 11 is 0. The number of nitrogens with zero attached hydrogens (tertiary/aromatic N) is 1. The van der Waals surface area contributed by atoms with E-state index in [0.717, 1.165) is 24.0 Å². The highest BCUT2D eigenvalue weighted by Crippen LogP contribution is 2.24. The van der Waals surface area contributed by atoms with Gasteiger partial charge in [-0.25, -0.2) is 0 Å². The second kappa shape index (κ2) is 7.91. The van der Waals surface area contributed by atoms with Crippen molar-refractivity contribution in [2.45, 2.75) is 38.8 Å². The molecule has 2 aromatic rings. The number of hydrogen-bond acceptors (Lipinski definition) is 2. The van der Waals surface area contributed by atoms with Crippen LogP contribution in [0.15, 0.2) is 60.7 Å². The normalized spacial score (nSPS) is 17.5. The van der Waals surface area contributed by atoms with Crippen molar-refractivity contribution in [3.63, 3.8) is 0 Å². The Morgan fingerprint density at radius 2 is 1.42 bits per heavy atom. The molecule has 2 aromatic carbocycles. The number of carbonyl (C=O) groups is 2. The second-order valence-electron chi connectivity index (χ2n) is 6.43. The monoisotopic (exact) mass is 321 g/mol. The van der Waals surface area contributed by atoms with E-state index in [9.17, 15) is 9.59 Å². The van der Waals surface area contributed by atoms with Crippen molar-refractivity contribution < 1.29 is 9.59 Å². The number of Topliss-reactive ketones (excluding diaryl/α,β-unsaturated/α-hetero) is 1. The Kier molecular flexibility index (Phi) is 5.42. The first-order chi connectivity index (χ1) is 11.7. The zero-order chi connectivity index (χ0) is 16.8. The van der Waals surface area contributed by atoms with Crippen molar-refractivity contribution in [3.8, 4) is 0 Å². The summed E-state index contributed by atoms with van der Waals surface area (Å²) in [6.45, 7) is 1.08. The predicted molar refractivity (Wildman–Crippen MR) is 94.1 cm³/mol. The van der Waals surface area contributed by atoms with Gasteiger partial charge in [0, 0.05) is 19.5 Å². The zero-order valence-electron chi connectivity index (χ0n) is 13.9. The lowest BCUT2D eigenvalue weighted by Gasteiger charge is -2.29. The molecule has 0 aromatic heterocycles. The van der Waals surface area contributed by atoms with Gasteiger partial charge in [0.2, 0.25) is 5.91 Å². The van der Waals surface area contributed by atoms with Crippen molar-refractivity contribution >= 4 is 11.7 Å². The average molecular weight is 321 g/mol. The molecule has 3 rings (SSSR count). The summed E-state index contributed by atoms with van der Waals surface area (Å²) in [5.74, 6) is -0.365. The van der Waals surface area contributed by atoms with Crippen LogP contribution in [0.25, 0.3) is 0 Å². The summed E-state index contributed by atoms with van der Waals surface area (Å²) in [6.07, 6.45) is 3.12. The number of rotatable bonds is 5.